The van der Waals surface area contributed by atoms with Crippen molar-refractivity contribution < 1.29 is 18.3 Å². The summed E-state index contributed by atoms with van der Waals surface area (Å²) in [5.41, 5.74) is 5.07. The van der Waals surface area contributed by atoms with Gasteiger partial charge < -0.3 is 10.0 Å². The number of aryl methyl sites for hydroxylation is 1. The van der Waals surface area contributed by atoms with Crippen LogP contribution in [-0.4, -0.2) is 16.6 Å². The first-order valence-electron chi connectivity index (χ1n) is 11.6. The molecule has 0 atom stereocenters. The number of aliphatic hydroxyl groups excluding tert-OH is 1. The maximum atomic E-state index is 13.0. The van der Waals surface area contributed by atoms with Crippen LogP contribution in [0.25, 0.3) is 16.9 Å². The lowest BCUT2D eigenvalue weighted by atomic mass is 10.1. The van der Waals surface area contributed by atoms with Crippen molar-refractivity contribution in [2.24, 2.45) is 0 Å². The molecular weight excluding hydrogens is 461 g/mol. The van der Waals surface area contributed by atoms with Crippen molar-refractivity contribution in [2.45, 2.75) is 26.1 Å². The molecule has 6 heteroatoms. The molecule has 1 N–H and O–H groups in total. The van der Waals surface area contributed by atoms with Crippen molar-refractivity contribution in [3.05, 3.63) is 126 Å². The van der Waals surface area contributed by atoms with Crippen molar-refractivity contribution >= 4 is 11.6 Å². The number of aromatic nitrogens is 1. The summed E-state index contributed by atoms with van der Waals surface area (Å²) in [5, 5.41) is 9.55. The molecule has 0 amide bonds. The minimum Gasteiger partial charge on any atom is -0.508 e. The molecule has 4 aromatic rings. The van der Waals surface area contributed by atoms with Crippen molar-refractivity contribution in [3.63, 3.8) is 0 Å². The highest BCUT2D eigenvalue weighted by Crippen LogP contribution is 2.29. The summed E-state index contributed by atoms with van der Waals surface area (Å²) < 4.78 is 39.0. The molecule has 0 aliphatic rings. The molecule has 4 rings (SSSR count). The Morgan fingerprint density at radius 1 is 0.833 bits per heavy atom. The van der Waals surface area contributed by atoms with Gasteiger partial charge in [0.2, 0.25) is 0 Å². The Balaban J connectivity index is 1.55. The molecule has 0 aliphatic carbocycles. The Kier molecular flexibility index (Phi) is 7.44. The molecule has 3 aromatic carbocycles. The minimum absolute atomic E-state index is 0.0170. The SMILES string of the molecule is C=C(O)c1ccc(CCN(Cc2ccc(C(F)(F)F)cc2)c2ccc(-c3ccc(C)cc3)cn2)cc1. The van der Waals surface area contributed by atoms with Gasteiger partial charge in [0.15, 0.2) is 0 Å². The predicted octanol–water partition coefficient (Wildman–Crippen LogP) is 7.85. The fourth-order valence-corrected chi connectivity index (χ4v) is 3.91. The first-order valence-corrected chi connectivity index (χ1v) is 11.6. The number of hydrogen-bond acceptors (Lipinski definition) is 3. The summed E-state index contributed by atoms with van der Waals surface area (Å²) in [7, 11) is 0. The van der Waals surface area contributed by atoms with Gasteiger partial charge in [0.05, 0.1) is 5.56 Å². The second kappa shape index (κ2) is 10.7. The topological polar surface area (TPSA) is 36.4 Å². The van der Waals surface area contributed by atoms with Crippen molar-refractivity contribution in [2.75, 3.05) is 11.4 Å². The van der Waals surface area contributed by atoms with Gasteiger partial charge in [-0.25, -0.2) is 4.98 Å². The quantitative estimate of drug-likeness (QED) is 0.257. The van der Waals surface area contributed by atoms with Gasteiger partial charge in [-0.2, -0.15) is 13.2 Å². The lowest BCUT2D eigenvalue weighted by Crippen LogP contribution is -2.26. The van der Waals surface area contributed by atoms with Crippen LogP contribution in [0.4, 0.5) is 19.0 Å². The number of nitrogens with zero attached hydrogens (tertiary/aromatic N) is 2. The number of alkyl halides is 3. The Morgan fingerprint density at radius 2 is 1.44 bits per heavy atom. The van der Waals surface area contributed by atoms with Gasteiger partial charge in [0.1, 0.15) is 11.6 Å². The smallest absolute Gasteiger partial charge is 0.416 e. The molecule has 0 saturated carbocycles. The zero-order valence-corrected chi connectivity index (χ0v) is 20.0. The van der Waals surface area contributed by atoms with E-state index < -0.39 is 11.7 Å². The number of benzene rings is 3. The lowest BCUT2D eigenvalue weighted by molar-refractivity contribution is -0.137. The molecule has 0 saturated heterocycles. The third-order valence-electron chi connectivity index (χ3n) is 6.07. The van der Waals surface area contributed by atoms with E-state index in [9.17, 15) is 18.3 Å². The summed E-state index contributed by atoms with van der Waals surface area (Å²) in [5.74, 6) is 0.759. The third kappa shape index (κ3) is 6.33. The zero-order chi connectivity index (χ0) is 25.7. The fraction of sp³-hybridized carbons (Fsp3) is 0.167. The summed E-state index contributed by atoms with van der Waals surface area (Å²) in [4.78, 5) is 6.74. The van der Waals surface area contributed by atoms with Crippen LogP contribution < -0.4 is 4.90 Å². The Labute approximate surface area is 209 Å². The summed E-state index contributed by atoms with van der Waals surface area (Å²) >= 11 is 0. The van der Waals surface area contributed by atoms with E-state index in [1.165, 1.54) is 17.7 Å². The lowest BCUT2D eigenvalue weighted by Gasteiger charge is -2.24. The molecule has 1 heterocycles. The number of rotatable bonds is 8. The van der Waals surface area contributed by atoms with Crippen LogP contribution in [0.3, 0.4) is 0 Å². The summed E-state index contributed by atoms with van der Waals surface area (Å²) in [6, 6.07) is 24.9. The molecule has 0 aliphatic heterocycles. The molecule has 0 fully saturated rings. The Hall–Kier alpha value is -4.06. The fourth-order valence-electron chi connectivity index (χ4n) is 3.91. The maximum absolute atomic E-state index is 13.0. The van der Waals surface area contributed by atoms with Crippen molar-refractivity contribution in [1.82, 2.24) is 4.98 Å². The highest BCUT2D eigenvalue weighted by Gasteiger charge is 2.30. The van der Waals surface area contributed by atoms with Gasteiger partial charge in [0.25, 0.3) is 0 Å². The second-order valence-corrected chi connectivity index (χ2v) is 8.78. The van der Waals surface area contributed by atoms with E-state index in [0.29, 0.717) is 25.1 Å². The number of halogens is 3. The van der Waals surface area contributed by atoms with E-state index >= 15 is 0 Å². The van der Waals surface area contributed by atoms with Gasteiger partial charge in [-0.3, -0.25) is 0 Å². The van der Waals surface area contributed by atoms with E-state index in [1.54, 1.807) is 0 Å². The number of pyridine rings is 1. The predicted molar refractivity (Wildman–Crippen MR) is 139 cm³/mol. The highest BCUT2D eigenvalue weighted by molar-refractivity contribution is 5.64. The molecule has 3 nitrogen and oxygen atoms in total. The third-order valence-corrected chi connectivity index (χ3v) is 6.07. The Bertz CT molecular complexity index is 1300. The van der Waals surface area contributed by atoms with Crippen molar-refractivity contribution in [3.8, 4) is 11.1 Å². The van der Waals surface area contributed by atoms with E-state index in [1.807, 2.05) is 49.5 Å². The number of aliphatic hydroxyl groups is 1. The maximum Gasteiger partial charge on any atom is 0.416 e. The first-order chi connectivity index (χ1) is 17.2. The van der Waals surface area contributed by atoms with Crippen LogP contribution in [0.2, 0.25) is 0 Å². The molecule has 0 spiro atoms. The number of anilines is 1. The molecular formula is C30H27F3N2O. The molecule has 36 heavy (non-hydrogen) atoms. The Morgan fingerprint density at radius 3 is 2.00 bits per heavy atom. The van der Waals surface area contributed by atoms with Crippen LogP contribution in [0.1, 0.15) is 27.8 Å². The van der Waals surface area contributed by atoms with Crippen LogP contribution >= 0.6 is 0 Å². The molecule has 1 aromatic heterocycles. The van der Waals surface area contributed by atoms with E-state index in [0.717, 1.165) is 40.2 Å². The normalized spacial score (nSPS) is 11.3. The molecule has 0 unspecified atom stereocenters. The first kappa shape index (κ1) is 25.0. The number of hydrogen-bond donors (Lipinski definition) is 1. The molecule has 184 valence electrons. The van der Waals surface area contributed by atoms with Gasteiger partial charge >= 0.3 is 6.18 Å². The average molecular weight is 489 g/mol. The van der Waals surface area contributed by atoms with Crippen molar-refractivity contribution in [1.29, 1.82) is 0 Å². The van der Waals surface area contributed by atoms with E-state index in [-0.39, 0.29) is 5.76 Å². The second-order valence-electron chi connectivity index (χ2n) is 8.78. The van der Waals surface area contributed by atoms with Crippen LogP contribution in [0.15, 0.2) is 97.7 Å². The summed E-state index contributed by atoms with van der Waals surface area (Å²) in [6.45, 7) is 6.60. The largest absolute Gasteiger partial charge is 0.508 e. The molecule has 0 bridgehead atoms. The van der Waals surface area contributed by atoms with E-state index in [2.05, 4.69) is 40.7 Å². The van der Waals surface area contributed by atoms with Gasteiger partial charge in [-0.15, -0.1) is 0 Å². The van der Waals surface area contributed by atoms with Gasteiger partial charge in [0, 0.05) is 30.4 Å². The minimum atomic E-state index is -4.36. The van der Waals surface area contributed by atoms with Gasteiger partial charge in [-0.1, -0.05) is 72.8 Å². The zero-order valence-electron chi connectivity index (χ0n) is 20.0. The monoisotopic (exact) mass is 488 g/mol. The highest BCUT2D eigenvalue weighted by atomic mass is 19.4. The average Bonchev–Trinajstić information content (AvgIpc) is 2.87. The van der Waals surface area contributed by atoms with E-state index in [4.69, 9.17) is 0 Å². The van der Waals surface area contributed by atoms with Crippen LogP contribution in [0.5, 0.6) is 0 Å². The van der Waals surface area contributed by atoms with Crippen LogP contribution in [-0.2, 0) is 19.1 Å². The summed E-state index contributed by atoms with van der Waals surface area (Å²) in [6.07, 6.45) is -1.85. The molecule has 0 radical (unpaired) electrons. The van der Waals surface area contributed by atoms with Gasteiger partial charge in [-0.05, 0) is 54.3 Å². The standard InChI is InChI=1S/C30H27F3N2O/c1-21-3-9-26(10-4-21)27-13-16-29(34-19-27)35(18-17-23-5-11-25(12-6-23)22(2)36)20-24-7-14-28(15-8-24)30(31,32)33/h3-16,19,36H,2,17-18,20H2,1H3. The van der Waals surface area contributed by atoms with Crippen LogP contribution in [0, 0.1) is 6.92 Å².